The van der Waals surface area contributed by atoms with Crippen molar-refractivity contribution in [3.05, 3.63) is 23.5 Å². The van der Waals surface area contributed by atoms with Crippen LogP contribution in [-0.4, -0.2) is 46.6 Å². The van der Waals surface area contributed by atoms with E-state index >= 15 is 0 Å². The van der Waals surface area contributed by atoms with Crippen molar-refractivity contribution in [3.63, 3.8) is 0 Å². The van der Waals surface area contributed by atoms with E-state index in [1.165, 1.54) is 10.6 Å². The number of fused-ring (bicyclic) bond motifs is 2. The molecule has 2 aliphatic heterocycles. The molecule has 0 amide bonds. The van der Waals surface area contributed by atoms with E-state index in [9.17, 15) is 13.2 Å². The summed E-state index contributed by atoms with van der Waals surface area (Å²) in [6.07, 6.45) is -2.52. The second-order valence-corrected chi connectivity index (χ2v) is 7.86. The van der Waals surface area contributed by atoms with Gasteiger partial charge in [-0.05, 0) is 52.8 Å². The highest BCUT2D eigenvalue weighted by Crippen LogP contribution is 2.44. The Morgan fingerprint density at radius 3 is 2.09 bits per heavy atom. The molecule has 3 heterocycles. The summed E-state index contributed by atoms with van der Waals surface area (Å²) in [6, 6.07) is 2.96. The molecule has 130 valence electrons. The van der Waals surface area contributed by atoms with Crippen LogP contribution in [-0.2, 0) is 18.3 Å². The number of likely N-dealkylation sites (N-methyl/N-ethyl adjacent to an activating group) is 1. The smallest absolute Gasteiger partial charge is 0.338 e. The van der Waals surface area contributed by atoms with Gasteiger partial charge in [0.25, 0.3) is 0 Å². The number of nitrogens with zero attached hydrogens (tertiary/aromatic N) is 3. The lowest BCUT2D eigenvalue weighted by Crippen LogP contribution is -2.58. The minimum atomic E-state index is -4.28. The lowest BCUT2D eigenvalue weighted by molar-refractivity contribution is -0.145. The first-order valence-corrected chi connectivity index (χ1v) is 8.29. The molecule has 0 N–H and O–H groups in total. The zero-order chi connectivity index (χ0) is 17.0. The maximum absolute atomic E-state index is 13.2. The van der Waals surface area contributed by atoms with Gasteiger partial charge in [0, 0.05) is 37.4 Å². The highest BCUT2D eigenvalue weighted by atomic mass is 19.4. The van der Waals surface area contributed by atoms with Crippen LogP contribution >= 0.6 is 0 Å². The molecule has 0 saturated carbocycles. The molecule has 0 aromatic carbocycles. The van der Waals surface area contributed by atoms with Crippen molar-refractivity contribution in [2.45, 2.75) is 57.4 Å². The summed E-state index contributed by atoms with van der Waals surface area (Å²) in [4.78, 5) is 4.70. The van der Waals surface area contributed by atoms with E-state index in [4.69, 9.17) is 0 Å². The monoisotopic (exact) mass is 329 g/mol. The second-order valence-electron chi connectivity index (χ2n) is 7.86. The average Bonchev–Trinajstić information content (AvgIpc) is 2.88. The van der Waals surface area contributed by atoms with Crippen LogP contribution in [0.4, 0.5) is 13.2 Å². The van der Waals surface area contributed by atoms with Gasteiger partial charge in [0.15, 0.2) is 0 Å². The Balaban J connectivity index is 1.95. The van der Waals surface area contributed by atoms with Crippen molar-refractivity contribution in [3.8, 4) is 0 Å². The Hall–Kier alpha value is -1.01. The van der Waals surface area contributed by atoms with Gasteiger partial charge < -0.3 is 4.57 Å². The molecule has 1 saturated heterocycles. The SMILES string of the molecule is CN1CCn2c(C(F)(F)F)ccc2C12CCN(C(C)(C)C)CC2. The average molecular weight is 329 g/mol. The summed E-state index contributed by atoms with van der Waals surface area (Å²) in [5.41, 5.74) is 0.183. The van der Waals surface area contributed by atoms with Crippen molar-refractivity contribution >= 4 is 0 Å². The summed E-state index contributed by atoms with van der Waals surface area (Å²) in [7, 11) is 2.05. The predicted molar refractivity (Wildman–Crippen MR) is 84.3 cm³/mol. The number of aromatic nitrogens is 1. The predicted octanol–water partition coefficient (Wildman–Crippen LogP) is 3.54. The number of halogens is 3. The molecule has 1 aromatic rings. The van der Waals surface area contributed by atoms with Gasteiger partial charge in [-0.2, -0.15) is 13.2 Å². The van der Waals surface area contributed by atoms with Gasteiger partial charge in [-0.15, -0.1) is 0 Å². The van der Waals surface area contributed by atoms with Gasteiger partial charge in [0.05, 0.1) is 5.54 Å². The first-order chi connectivity index (χ1) is 10.6. The zero-order valence-corrected chi connectivity index (χ0v) is 14.4. The summed E-state index contributed by atoms with van der Waals surface area (Å²) < 4.78 is 41.2. The molecule has 0 atom stereocenters. The van der Waals surface area contributed by atoms with Gasteiger partial charge >= 0.3 is 6.18 Å². The van der Waals surface area contributed by atoms with Crippen molar-refractivity contribution in [2.75, 3.05) is 26.7 Å². The molecule has 6 heteroatoms. The molecular formula is C17H26F3N3. The molecule has 0 unspecified atom stereocenters. The third-order valence-electron chi connectivity index (χ3n) is 5.68. The topological polar surface area (TPSA) is 11.4 Å². The molecule has 3 nitrogen and oxygen atoms in total. The van der Waals surface area contributed by atoms with Gasteiger partial charge in [0.2, 0.25) is 0 Å². The Labute approximate surface area is 136 Å². The van der Waals surface area contributed by atoms with Crippen LogP contribution in [0.2, 0.25) is 0 Å². The normalized spacial score (nSPS) is 23.3. The zero-order valence-electron chi connectivity index (χ0n) is 14.4. The summed E-state index contributed by atoms with van der Waals surface area (Å²) >= 11 is 0. The van der Waals surface area contributed by atoms with Crippen LogP contribution in [0.3, 0.4) is 0 Å². The quantitative estimate of drug-likeness (QED) is 0.721. The molecule has 2 aliphatic rings. The van der Waals surface area contributed by atoms with Gasteiger partial charge in [0.1, 0.15) is 5.69 Å². The fraction of sp³-hybridized carbons (Fsp3) is 0.765. The van der Waals surface area contributed by atoms with Crippen molar-refractivity contribution < 1.29 is 13.2 Å². The van der Waals surface area contributed by atoms with Gasteiger partial charge in [-0.25, -0.2) is 0 Å². The first-order valence-electron chi connectivity index (χ1n) is 8.29. The molecule has 1 fully saturated rings. The molecule has 0 radical (unpaired) electrons. The van der Waals surface area contributed by atoms with Crippen LogP contribution in [0.25, 0.3) is 0 Å². The maximum atomic E-state index is 13.2. The maximum Gasteiger partial charge on any atom is 0.431 e. The second kappa shape index (κ2) is 5.24. The number of likely N-dealkylation sites (tertiary alicyclic amines) is 1. The Morgan fingerprint density at radius 2 is 1.57 bits per heavy atom. The van der Waals surface area contributed by atoms with Crippen LogP contribution in [0, 0.1) is 0 Å². The van der Waals surface area contributed by atoms with Crippen LogP contribution in [0.5, 0.6) is 0 Å². The third-order valence-corrected chi connectivity index (χ3v) is 5.68. The largest absolute Gasteiger partial charge is 0.431 e. The van der Waals surface area contributed by atoms with Crippen LogP contribution < -0.4 is 0 Å². The molecule has 0 aliphatic carbocycles. The van der Waals surface area contributed by atoms with E-state index in [2.05, 4.69) is 37.6 Å². The lowest BCUT2D eigenvalue weighted by atomic mass is 9.80. The Kier molecular flexibility index (Phi) is 3.84. The third kappa shape index (κ3) is 2.70. The van der Waals surface area contributed by atoms with Gasteiger partial charge in [-0.1, -0.05) is 0 Å². The number of hydrogen-bond donors (Lipinski definition) is 0. The molecule has 1 spiro atoms. The molecule has 1 aromatic heterocycles. The Morgan fingerprint density at radius 1 is 0.957 bits per heavy atom. The number of alkyl halides is 3. The molecular weight excluding hydrogens is 303 g/mol. The van der Waals surface area contributed by atoms with E-state index in [1.54, 1.807) is 6.07 Å². The van der Waals surface area contributed by atoms with Crippen LogP contribution in [0.15, 0.2) is 12.1 Å². The van der Waals surface area contributed by atoms with Crippen molar-refractivity contribution in [2.24, 2.45) is 0 Å². The summed E-state index contributed by atoms with van der Waals surface area (Å²) in [5.74, 6) is 0. The van der Waals surface area contributed by atoms with E-state index < -0.39 is 11.9 Å². The van der Waals surface area contributed by atoms with Crippen LogP contribution in [0.1, 0.15) is 45.0 Å². The number of hydrogen-bond acceptors (Lipinski definition) is 2. The highest BCUT2D eigenvalue weighted by Gasteiger charge is 2.47. The van der Waals surface area contributed by atoms with Crippen molar-refractivity contribution in [1.29, 1.82) is 0 Å². The number of rotatable bonds is 0. The van der Waals surface area contributed by atoms with E-state index in [1.807, 2.05) is 0 Å². The first kappa shape index (κ1) is 16.8. The fourth-order valence-corrected chi connectivity index (χ4v) is 4.21. The lowest BCUT2D eigenvalue weighted by Gasteiger charge is -2.52. The van der Waals surface area contributed by atoms with E-state index in [-0.39, 0.29) is 11.1 Å². The summed E-state index contributed by atoms with van der Waals surface area (Å²) in [6.45, 7) is 9.50. The molecule has 3 rings (SSSR count). The fourth-order valence-electron chi connectivity index (χ4n) is 4.21. The van der Waals surface area contributed by atoms with Crippen molar-refractivity contribution in [1.82, 2.24) is 14.4 Å². The minimum Gasteiger partial charge on any atom is -0.338 e. The standard InChI is InChI=1S/C17H26F3N3/c1-15(2,3)22-9-7-16(8-10-22)13-5-6-14(17(18,19)20)23(13)12-11-21(16)4/h5-6H,7-12H2,1-4H3. The summed E-state index contributed by atoms with van der Waals surface area (Å²) in [5, 5.41) is 0. The Bertz CT molecular complexity index is 575. The van der Waals surface area contributed by atoms with E-state index in [0.717, 1.165) is 31.6 Å². The minimum absolute atomic E-state index is 0.105. The van der Waals surface area contributed by atoms with Gasteiger partial charge in [-0.3, -0.25) is 9.80 Å². The van der Waals surface area contributed by atoms with E-state index in [0.29, 0.717) is 13.1 Å². The molecule has 23 heavy (non-hydrogen) atoms. The molecule has 0 bridgehead atoms. The number of piperidine rings is 1. The highest BCUT2D eigenvalue weighted by molar-refractivity contribution is 5.28.